The van der Waals surface area contributed by atoms with E-state index < -0.39 is 6.04 Å². The fourth-order valence-electron chi connectivity index (χ4n) is 1.48. The Kier molecular flexibility index (Phi) is 4.43. The summed E-state index contributed by atoms with van der Waals surface area (Å²) < 4.78 is 0. The third-order valence-corrected chi connectivity index (χ3v) is 2.92. The third-order valence-electron chi connectivity index (χ3n) is 2.92. The summed E-state index contributed by atoms with van der Waals surface area (Å²) in [4.78, 5) is 15.8. The number of aromatic nitrogens is 1. The van der Waals surface area contributed by atoms with Gasteiger partial charge >= 0.3 is 0 Å². The van der Waals surface area contributed by atoms with Gasteiger partial charge in [0.15, 0.2) is 5.78 Å². The number of nitrogens with zero attached hydrogens (tertiary/aromatic N) is 1. The van der Waals surface area contributed by atoms with Crippen molar-refractivity contribution < 1.29 is 4.79 Å². The van der Waals surface area contributed by atoms with E-state index in [0.29, 0.717) is 5.82 Å². The van der Waals surface area contributed by atoms with E-state index in [9.17, 15) is 4.79 Å². The summed E-state index contributed by atoms with van der Waals surface area (Å²) in [6.45, 7) is 4.01. The number of anilines is 1. The van der Waals surface area contributed by atoms with Crippen LogP contribution >= 0.6 is 0 Å². The molecule has 1 rings (SSSR count). The molecular formula is C12H19N3O. The average Bonchev–Trinajstić information content (AvgIpc) is 2.30. The monoisotopic (exact) mass is 221 g/mol. The molecule has 0 aliphatic heterocycles. The van der Waals surface area contributed by atoms with Gasteiger partial charge in [0, 0.05) is 18.2 Å². The quantitative estimate of drug-likeness (QED) is 0.781. The zero-order valence-electron chi connectivity index (χ0n) is 9.81. The molecule has 0 fully saturated rings. The number of pyridine rings is 1. The largest absolute Gasteiger partial charge is 0.383 e. The predicted molar refractivity (Wildman–Crippen MR) is 64.8 cm³/mol. The lowest BCUT2D eigenvalue weighted by atomic mass is 9.93. The number of nitrogen functional groups attached to an aromatic ring is 1. The maximum atomic E-state index is 11.9. The van der Waals surface area contributed by atoms with E-state index in [4.69, 9.17) is 11.5 Å². The first-order chi connectivity index (χ1) is 7.56. The molecule has 0 amide bonds. The van der Waals surface area contributed by atoms with Gasteiger partial charge in [0.25, 0.3) is 0 Å². The van der Waals surface area contributed by atoms with Crippen molar-refractivity contribution in [3.63, 3.8) is 0 Å². The molecule has 2 atom stereocenters. The van der Waals surface area contributed by atoms with Gasteiger partial charge in [-0.15, -0.1) is 0 Å². The highest BCUT2D eigenvalue weighted by molar-refractivity contribution is 5.86. The summed E-state index contributed by atoms with van der Waals surface area (Å²) >= 11 is 0. The number of carbonyl (C=O) groups excluding carboxylic acids is 1. The van der Waals surface area contributed by atoms with Crippen LogP contribution in [0, 0.1) is 5.92 Å². The van der Waals surface area contributed by atoms with Crippen molar-refractivity contribution >= 4 is 11.6 Å². The van der Waals surface area contributed by atoms with Gasteiger partial charge in [-0.2, -0.15) is 0 Å². The zero-order valence-corrected chi connectivity index (χ0v) is 9.81. The number of hydrogen-bond donors (Lipinski definition) is 2. The van der Waals surface area contributed by atoms with Crippen LogP contribution in [0.5, 0.6) is 0 Å². The molecule has 4 nitrogen and oxygen atoms in total. The lowest BCUT2D eigenvalue weighted by Crippen LogP contribution is -2.37. The predicted octanol–water partition coefficient (Wildman–Crippen LogP) is 1.15. The summed E-state index contributed by atoms with van der Waals surface area (Å²) in [5, 5.41) is 0. The average molecular weight is 221 g/mol. The van der Waals surface area contributed by atoms with Crippen molar-refractivity contribution in [1.29, 1.82) is 0 Å². The van der Waals surface area contributed by atoms with Crippen LogP contribution in [0.4, 0.5) is 5.82 Å². The van der Waals surface area contributed by atoms with Crippen LogP contribution in [-0.2, 0) is 11.2 Å². The number of carbonyl (C=O) groups is 1. The first-order valence-electron chi connectivity index (χ1n) is 5.54. The van der Waals surface area contributed by atoms with Crippen molar-refractivity contribution in [3.8, 4) is 0 Å². The second-order valence-corrected chi connectivity index (χ2v) is 4.10. The molecule has 0 saturated heterocycles. The normalized spacial score (nSPS) is 14.4. The molecule has 0 aromatic carbocycles. The van der Waals surface area contributed by atoms with Crippen LogP contribution in [0.25, 0.3) is 0 Å². The molecule has 0 spiro atoms. The van der Waals surface area contributed by atoms with E-state index >= 15 is 0 Å². The number of ketones is 1. The van der Waals surface area contributed by atoms with Crippen LogP contribution in [-0.4, -0.2) is 16.8 Å². The minimum absolute atomic E-state index is 0.0223. The first kappa shape index (κ1) is 12.6. The Bertz CT molecular complexity index is 365. The van der Waals surface area contributed by atoms with Crippen molar-refractivity contribution in [3.05, 3.63) is 23.9 Å². The van der Waals surface area contributed by atoms with Gasteiger partial charge < -0.3 is 11.5 Å². The highest BCUT2D eigenvalue weighted by atomic mass is 16.1. The van der Waals surface area contributed by atoms with Crippen LogP contribution < -0.4 is 11.5 Å². The van der Waals surface area contributed by atoms with Crippen molar-refractivity contribution in [2.45, 2.75) is 32.7 Å². The molecule has 0 radical (unpaired) electrons. The van der Waals surface area contributed by atoms with Crippen LogP contribution in [0.1, 0.15) is 25.8 Å². The van der Waals surface area contributed by atoms with E-state index in [-0.39, 0.29) is 18.1 Å². The minimum Gasteiger partial charge on any atom is -0.383 e. The number of Topliss-reactive ketones (excluding diaryl/α,β-unsaturated/α-hetero) is 1. The van der Waals surface area contributed by atoms with E-state index in [1.165, 1.54) is 0 Å². The number of nitrogens with two attached hydrogens (primary N) is 2. The first-order valence-corrected chi connectivity index (χ1v) is 5.54. The number of hydrogen-bond acceptors (Lipinski definition) is 4. The molecule has 1 aromatic rings. The summed E-state index contributed by atoms with van der Waals surface area (Å²) in [5.74, 6) is 0.631. The van der Waals surface area contributed by atoms with Crippen LogP contribution in [0.3, 0.4) is 0 Å². The molecule has 0 bridgehead atoms. The standard InChI is InChI=1S/C12H19N3O/c1-3-8(2)11(13)10(16)7-9-5-4-6-15-12(9)14/h4-6,8,11H,3,7,13H2,1-2H3,(H2,14,15). The summed E-state index contributed by atoms with van der Waals surface area (Å²) in [6, 6.07) is 3.17. The smallest absolute Gasteiger partial charge is 0.154 e. The SMILES string of the molecule is CCC(C)C(N)C(=O)Cc1cccnc1N. The molecule has 16 heavy (non-hydrogen) atoms. The Hall–Kier alpha value is -1.42. The Morgan fingerprint density at radius 2 is 2.25 bits per heavy atom. The van der Waals surface area contributed by atoms with Crippen molar-refractivity contribution in [2.75, 3.05) is 5.73 Å². The van der Waals surface area contributed by atoms with E-state index in [2.05, 4.69) is 4.98 Å². The highest BCUT2D eigenvalue weighted by Crippen LogP contribution is 2.12. The topological polar surface area (TPSA) is 82.0 Å². The van der Waals surface area contributed by atoms with Crippen molar-refractivity contribution in [2.24, 2.45) is 11.7 Å². The maximum absolute atomic E-state index is 11.9. The molecule has 0 aliphatic rings. The molecular weight excluding hydrogens is 202 g/mol. The Balaban J connectivity index is 2.68. The van der Waals surface area contributed by atoms with Crippen molar-refractivity contribution in [1.82, 2.24) is 4.98 Å². The minimum atomic E-state index is -0.412. The van der Waals surface area contributed by atoms with Gasteiger partial charge in [-0.3, -0.25) is 4.79 Å². The molecule has 1 heterocycles. The zero-order chi connectivity index (χ0) is 12.1. The van der Waals surface area contributed by atoms with Gasteiger partial charge in [0.1, 0.15) is 5.82 Å². The van der Waals surface area contributed by atoms with Crippen LogP contribution in [0.2, 0.25) is 0 Å². The molecule has 0 saturated carbocycles. The second-order valence-electron chi connectivity index (χ2n) is 4.10. The molecule has 4 N–H and O–H groups in total. The van der Waals surface area contributed by atoms with Gasteiger partial charge in [0.2, 0.25) is 0 Å². The fourth-order valence-corrected chi connectivity index (χ4v) is 1.48. The Labute approximate surface area is 96.0 Å². The highest BCUT2D eigenvalue weighted by Gasteiger charge is 2.20. The maximum Gasteiger partial charge on any atom is 0.154 e. The van der Waals surface area contributed by atoms with Gasteiger partial charge in [0.05, 0.1) is 6.04 Å². The number of rotatable bonds is 5. The molecule has 4 heteroatoms. The van der Waals surface area contributed by atoms with Gasteiger partial charge in [-0.1, -0.05) is 26.3 Å². The summed E-state index contributed by atoms with van der Waals surface area (Å²) in [7, 11) is 0. The second kappa shape index (κ2) is 5.61. The van der Waals surface area contributed by atoms with E-state index in [0.717, 1.165) is 12.0 Å². The Morgan fingerprint density at radius 3 is 2.81 bits per heavy atom. The molecule has 1 aromatic heterocycles. The Morgan fingerprint density at radius 1 is 1.56 bits per heavy atom. The lowest BCUT2D eigenvalue weighted by molar-refractivity contribution is -0.120. The molecule has 2 unspecified atom stereocenters. The van der Waals surface area contributed by atoms with E-state index in [1.54, 1.807) is 12.3 Å². The van der Waals surface area contributed by atoms with Crippen LogP contribution in [0.15, 0.2) is 18.3 Å². The summed E-state index contributed by atoms with van der Waals surface area (Å²) in [5.41, 5.74) is 12.3. The van der Waals surface area contributed by atoms with Gasteiger partial charge in [-0.25, -0.2) is 4.98 Å². The molecule has 0 aliphatic carbocycles. The molecule has 88 valence electrons. The third kappa shape index (κ3) is 3.03. The summed E-state index contributed by atoms with van der Waals surface area (Å²) in [6.07, 6.45) is 2.78. The lowest BCUT2D eigenvalue weighted by Gasteiger charge is -2.17. The van der Waals surface area contributed by atoms with Gasteiger partial charge in [-0.05, 0) is 12.0 Å². The van der Waals surface area contributed by atoms with E-state index in [1.807, 2.05) is 19.9 Å². The fraction of sp³-hybridized carbons (Fsp3) is 0.500.